The van der Waals surface area contributed by atoms with Gasteiger partial charge in [-0.25, -0.2) is 12.8 Å². The fourth-order valence-corrected chi connectivity index (χ4v) is 3.98. The smallest absolute Gasteiger partial charge is 0.261 e. The molecule has 2 aromatic rings. The molecule has 0 unspecified atom stereocenters. The highest BCUT2D eigenvalue weighted by atomic mass is 32.2. The molecule has 0 aromatic heterocycles. The minimum Gasteiger partial charge on any atom is -0.353 e. The maximum absolute atomic E-state index is 13.0. The maximum atomic E-state index is 13.0. The second-order valence-electron chi connectivity index (χ2n) is 7.00. The monoisotopic (exact) mass is 390 g/mol. The molecule has 1 amide bonds. The molecule has 1 aliphatic carbocycles. The summed E-state index contributed by atoms with van der Waals surface area (Å²) < 4.78 is 40.2. The highest BCUT2D eigenvalue weighted by Crippen LogP contribution is 2.48. The van der Waals surface area contributed by atoms with Crippen LogP contribution in [0.2, 0.25) is 0 Å². The van der Waals surface area contributed by atoms with Crippen LogP contribution < -0.4 is 10.0 Å². The molecule has 144 valence electrons. The SMILES string of the molecule is CC[C@@H](C)NC(=O)C1(c2ccc(NS(=O)(=O)c3ccc(F)cc3)cc2)CC1. The Hall–Kier alpha value is -2.41. The molecule has 7 heteroatoms. The minimum atomic E-state index is -3.79. The molecule has 27 heavy (non-hydrogen) atoms. The summed E-state index contributed by atoms with van der Waals surface area (Å²) in [6.45, 7) is 3.99. The first-order valence-corrected chi connectivity index (χ1v) is 10.4. The summed E-state index contributed by atoms with van der Waals surface area (Å²) in [5, 5.41) is 3.03. The zero-order valence-corrected chi connectivity index (χ0v) is 16.1. The zero-order chi connectivity index (χ0) is 19.7. The molecule has 2 N–H and O–H groups in total. The zero-order valence-electron chi connectivity index (χ0n) is 15.3. The summed E-state index contributed by atoms with van der Waals surface area (Å²) in [4.78, 5) is 12.6. The number of carbonyl (C=O) groups is 1. The molecule has 0 bridgehead atoms. The van der Waals surface area contributed by atoms with E-state index in [0.717, 1.165) is 37.0 Å². The van der Waals surface area contributed by atoms with Gasteiger partial charge in [-0.3, -0.25) is 9.52 Å². The topological polar surface area (TPSA) is 75.3 Å². The number of anilines is 1. The lowest BCUT2D eigenvalue weighted by molar-refractivity contribution is -0.124. The standard InChI is InChI=1S/C20H23FN2O3S/c1-3-14(2)22-19(24)20(12-13-20)15-4-8-17(9-5-15)23-27(25,26)18-10-6-16(21)7-11-18/h4-11,14,23H,3,12-13H2,1-2H3,(H,22,24)/t14-/m1/s1. The summed E-state index contributed by atoms with van der Waals surface area (Å²) in [6.07, 6.45) is 2.44. The van der Waals surface area contributed by atoms with Gasteiger partial charge in [0.2, 0.25) is 5.91 Å². The second-order valence-corrected chi connectivity index (χ2v) is 8.68. The molecule has 0 aliphatic heterocycles. The molecule has 0 heterocycles. The van der Waals surface area contributed by atoms with Gasteiger partial charge < -0.3 is 5.32 Å². The average molecular weight is 390 g/mol. The van der Waals surface area contributed by atoms with Crippen LogP contribution in [0.4, 0.5) is 10.1 Å². The Labute approximate surface area is 159 Å². The summed E-state index contributed by atoms with van der Waals surface area (Å²) in [7, 11) is -3.79. The fourth-order valence-electron chi connectivity index (χ4n) is 2.92. The van der Waals surface area contributed by atoms with Gasteiger partial charge in [-0.1, -0.05) is 19.1 Å². The van der Waals surface area contributed by atoms with Crippen molar-refractivity contribution in [2.75, 3.05) is 4.72 Å². The van der Waals surface area contributed by atoms with E-state index >= 15 is 0 Å². The third-order valence-corrected chi connectivity index (χ3v) is 6.39. The molecule has 2 aromatic carbocycles. The summed E-state index contributed by atoms with van der Waals surface area (Å²) in [5.74, 6) is -0.472. The highest BCUT2D eigenvalue weighted by molar-refractivity contribution is 7.92. The number of sulfonamides is 1. The normalized spacial score (nSPS) is 16.4. The molecule has 0 saturated heterocycles. The Kier molecular flexibility index (Phi) is 5.24. The number of benzene rings is 2. The van der Waals surface area contributed by atoms with Gasteiger partial charge in [0.05, 0.1) is 10.3 Å². The second kappa shape index (κ2) is 7.31. The molecule has 0 radical (unpaired) electrons. The van der Waals surface area contributed by atoms with Crippen LogP contribution >= 0.6 is 0 Å². The highest BCUT2D eigenvalue weighted by Gasteiger charge is 2.51. The van der Waals surface area contributed by atoms with Crippen LogP contribution in [0.5, 0.6) is 0 Å². The number of hydrogen-bond acceptors (Lipinski definition) is 3. The molecular weight excluding hydrogens is 367 g/mol. The molecule has 1 aliphatic rings. The summed E-state index contributed by atoms with van der Waals surface area (Å²) in [5.41, 5.74) is 0.770. The van der Waals surface area contributed by atoms with Crippen molar-refractivity contribution >= 4 is 21.6 Å². The van der Waals surface area contributed by atoms with Crippen LogP contribution in [0.1, 0.15) is 38.7 Å². The predicted molar refractivity (Wildman–Crippen MR) is 102 cm³/mol. The van der Waals surface area contributed by atoms with Crippen LogP contribution in [0.15, 0.2) is 53.4 Å². The van der Waals surface area contributed by atoms with E-state index < -0.39 is 21.3 Å². The van der Waals surface area contributed by atoms with E-state index in [1.165, 1.54) is 12.1 Å². The van der Waals surface area contributed by atoms with Crippen molar-refractivity contribution < 1.29 is 17.6 Å². The van der Waals surface area contributed by atoms with Crippen LogP contribution in [0.3, 0.4) is 0 Å². The van der Waals surface area contributed by atoms with Gasteiger partial charge in [-0.05, 0) is 68.1 Å². The minimum absolute atomic E-state index is 0.0143. The quantitative estimate of drug-likeness (QED) is 0.759. The number of carbonyl (C=O) groups excluding carboxylic acids is 1. The van der Waals surface area contributed by atoms with Gasteiger partial charge in [-0.15, -0.1) is 0 Å². The average Bonchev–Trinajstić information content (AvgIpc) is 3.44. The molecule has 1 fully saturated rings. The molecule has 5 nitrogen and oxygen atoms in total. The number of hydrogen-bond donors (Lipinski definition) is 2. The number of nitrogens with one attached hydrogen (secondary N) is 2. The molecule has 3 rings (SSSR count). The van der Waals surface area contributed by atoms with E-state index in [9.17, 15) is 17.6 Å². The Morgan fingerprint density at radius 1 is 1.11 bits per heavy atom. The Balaban J connectivity index is 1.74. The Bertz CT molecular complexity index is 921. The van der Waals surface area contributed by atoms with Gasteiger partial charge in [0.15, 0.2) is 0 Å². The van der Waals surface area contributed by atoms with E-state index in [1.807, 2.05) is 13.8 Å². The number of amides is 1. The Morgan fingerprint density at radius 3 is 2.22 bits per heavy atom. The van der Waals surface area contributed by atoms with Crippen molar-refractivity contribution in [3.05, 3.63) is 59.9 Å². The molecular formula is C20H23FN2O3S. The van der Waals surface area contributed by atoms with Gasteiger partial charge in [-0.2, -0.15) is 0 Å². The van der Waals surface area contributed by atoms with E-state index in [2.05, 4.69) is 10.0 Å². The van der Waals surface area contributed by atoms with E-state index in [4.69, 9.17) is 0 Å². The summed E-state index contributed by atoms with van der Waals surface area (Å²) in [6, 6.07) is 11.6. The number of rotatable bonds is 7. The number of halogens is 1. The van der Waals surface area contributed by atoms with Crippen molar-refractivity contribution in [2.45, 2.75) is 49.5 Å². The van der Waals surface area contributed by atoms with E-state index in [0.29, 0.717) is 5.69 Å². The molecule has 1 atom stereocenters. The van der Waals surface area contributed by atoms with E-state index in [-0.39, 0.29) is 16.8 Å². The third-order valence-electron chi connectivity index (χ3n) is 4.99. The molecule has 0 spiro atoms. The van der Waals surface area contributed by atoms with Gasteiger partial charge in [0.25, 0.3) is 10.0 Å². The fraction of sp³-hybridized carbons (Fsp3) is 0.350. The van der Waals surface area contributed by atoms with Crippen LogP contribution in [0, 0.1) is 5.82 Å². The van der Waals surface area contributed by atoms with Crippen LogP contribution in [0.25, 0.3) is 0 Å². The van der Waals surface area contributed by atoms with Crippen LogP contribution in [-0.4, -0.2) is 20.4 Å². The van der Waals surface area contributed by atoms with Crippen molar-refractivity contribution in [2.24, 2.45) is 0 Å². The molecule has 1 saturated carbocycles. The van der Waals surface area contributed by atoms with Gasteiger partial charge in [0.1, 0.15) is 5.82 Å². The summed E-state index contributed by atoms with van der Waals surface area (Å²) >= 11 is 0. The van der Waals surface area contributed by atoms with Crippen molar-refractivity contribution in [1.29, 1.82) is 0 Å². The predicted octanol–water partition coefficient (Wildman–Crippen LogP) is 3.57. The largest absolute Gasteiger partial charge is 0.353 e. The maximum Gasteiger partial charge on any atom is 0.261 e. The van der Waals surface area contributed by atoms with E-state index in [1.54, 1.807) is 24.3 Å². The van der Waals surface area contributed by atoms with Gasteiger partial charge >= 0.3 is 0 Å². The first kappa shape index (κ1) is 19.4. The first-order chi connectivity index (χ1) is 12.8. The lowest BCUT2D eigenvalue weighted by Gasteiger charge is -2.19. The first-order valence-electron chi connectivity index (χ1n) is 8.97. The lowest BCUT2D eigenvalue weighted by Crippen LogP contribution is -2.39. The lowest BCUT2D eigenvalue weighted by atomic mass is 9.94. The van der Waals surface area contributed by atoms with Crippen molar-refractivity contribution in [1.82, 2.24) is 5.32 Å². The Morgan fingerprint density at radius 2 is 1.70 bits per heavy atom. The van der Waals surface area contributed by atoms with Crippen LogP contribution in [-0.2, 0) is 20.2 Å². The van der Waals surface area contributed by atoms with Gasteiger partial charge in [0, 0.05) is 11.7 Å². The van der Waals surface area contributed by atoms with Crippen molar-refractivity contribution in [3.8, 4) is 0 Å². The van der Waals surface area contributed by atoms with Crippen molar-refractivity contribution in [3.63, 3.8) is 0 Å². The third kappa shape index (κ3) is 4.13.